The molecule has 1 rings (SSSR count). The van der Waals surface area contributed by atoms with Gasteiger partial charge in [-0.2, -0.15) is 0 Å². The van der Waals surface area contributed by atoms with E-state index in [1.54, 1.807) is 20.8 Å². The molecule has 5 heteroatoms. The Kier molecular flexibility index (Phi) is 3.31. The van der Waals surface area contributed by atoms with Crippen molar-refractivity contribution < 1.29 is 18.7 Å². The summed E-state index contributed by atoms with van der Waals surface area (Å²) in [4.78, 5) is 23.8. The van der Waals surface area contributed by atoms with E-state index >= 15 is 0 Å². The van der Waals surface area contributed by atoms with Crippen LogP contribution in [0, 0.1) is 0 Å². The van der Waals surface area contributed by atoms with Crippen molar-refractivity contribution in [3.63, 3.8) is 0 Å². The predicted molar refractivity (Wildman–Crippen MR) is 52.1 cm³/mol. The molecule has 0 aromatic heterocycles. The van der Waals surface area contributed by atoms with E-state index in [1.807, 2.05) is 0 Å². The Bertz CT molecular complexity index is 272. The van der Waals surface area contributed by atoms with Crippen LogP contribution in [0.3, 0.4) is 0 Å². The first-order valence-electron chi connectivity index (χ1n) is 4.96. The number of carbonyl (C=O) groups excluding carboxylic acids is 2. The van der Waals surface area contributed by atoms with Gasteiger partial charge in [-0.15, -0.1) is 0 Å². The number of rotatable bonds is 1. The molecule has 0 aromatic rings. The molecule has 0 spiro atoms. The molecule has 0 radical (unpaired) electrons. The number of halogens is 1. The molecule has 1 atom stereocenters. The number of hydrogen-bond donors (Lipinski definition) is 0. The summed E-state index contributed by atoms with van der Waals surface area (Å²) in [5.74, 6) is -0.355. The smallest absolute Gasteiger partial charge is 0.417 e. The van der Waals surface area contributed by atoms with E-state index in [-0.39, 0.29) is 12.3 Å². The summed E-state index contributed by atoms with van der Waals surface area (Å²) < 4.78 is 17.5. The van der Waals surface area contributed by atoms with Gasteiger partial charge in [0.1, 0.15) is 12.3 Å². The van der Waals surface area contributed by atoms with E-state index in [2.05, 4.69) is 0 Å². The van der Waals surface area contributed by atoms with Crippen LogP contribution in [0.4, 0.5) is 9.18 Å². The lowest BCUT2D eigenvalue weighted by atomic mass is 10.2. The van der Waals surface area contributed by atoms with Crippen molar-refractivity contribution in [3.8, 4) is 0 Å². The number of nitrogens with zero attached hydrogens (tertiary/aromatic N) is 1. The van der Waals surface area contributed by atoms with Crippen LogP contribution in [0.25, 0.3) is 0 Å². The number of imide groups is 1. The predicted octanol–water partition coefficient (Wildman–Crippen LogP) is 1.88. The highest BCUT2D eigenvalue weighted by molar-refractivity contribution is 5.94. The SMILES string of the molecule is CC(C)(C)OC(=O)N1C(=O)CC[C@@H]1CF. The minimum Gasteiger partial charge on any atom is -0.443 e. The van der Waals surface area contributed by atoms with E-state index in [0.717, 1.165) is 4.90 Å². The molecule has 1 heterocycles. The average Bonchev–Trinajstić information content (AvgIpc) is 2.43. The molecule has 0 N–H and O–H groups in total. The van der Waals surface area contributed by atoms with Crippen molar-refractivity contribution in [3.05, 3.63) is 0 Å². The molecule has 1 fully saturated rings. The van der Waals surface area contributed by atoms with Crippen molar-refractivity contribution >= 4 is 12.0 Å². The topological polar surface area (TPSA) is 46.6 Å². The van der Waals surface area contributed by atoms with Gasteiger partial charge in [-0.25, -0.2) is 14.1 Å². The molecule has 0 saturated carbocycles. The van der Waals surface area contributed by atoms with E-state index in [1.165, 1.54) is 0 Å². The van der Waals surface area contributed by atoms with Gasteiger partial charge in [0.15, 0.2) is 0 Å². The van der Waals surface area contributed by atoms with Gasteiger partial charge in [0.25, 0.3) is 0 Å². The number of likely N-dealkylation sites (tertiary alicyclic amines) is 1. The number of carbonyl (C=O) groups is 2. The van der Waals surface area contributed by atoms with Gasteiger partial charge < -0.3 is 4.74 Å². The summed E-state index contributed by atoms with van der Waals surface area (Å²) in [5.41, 5.74) is -0.666. The van der Waals surface area contributed by atoms with Gasteiger partial charge in [0.2, 0.25) is 5.91 Å². The van der Waals surface area contributed by atoms with Crippen LogP contribution in [-0.4, -0.2) is 35.2 Å². The molecule has 4 nitrogen and oxygen atoms in total. The molecule has 1 aliphatic heterocycles. The lowest BCUT2D eigenvalue weighted by molar-refractivity contribution is -0.128. The van der Waals surface area contributed by atoms with Gasteiger partial charge >= 0.3 is 6.09 Å². The summed E-state index contributed by atoms with van der Waals surface area (Å²) >= 11 is 0. The zero-order chi connectivity index (χ0) is 11.6. The second-order valence-corrected chi connectivity index (χ2v) is 4.59. The maximum Gasteiger partial charge on any atom is 0.417 e. The monoisotopic (exact) mass is 217 g/mol. The molecule has 2 amide bonds. The Hall–Kier alpha value is -1.13. The third-order valence-electron chi connectivity index (χ3n) is 2.09. The first kappa shape index (κ1) is 11.9. The Balaban J connectivity index is 2.69. The minimum atomic E-state index is -0.743. The zero-order valence-electron chi connectivity index (χ0n) is 9.25. The fourth-order valence-corrected chi connectivity index (χ4v) is 1.45. The van der Waals surface area contributed by atoms with E-state index in [9.17, 15) is 14.0 Å². The third kappa shape index (κ3) is 2.91. The number of amides is 2. The van der Waals surface area contributed by atoms with Crippen LogP contribution in [0.2, 0.25) is 0 Å². The molecule has 86 valence electrons. The summed E-state index contributed by atoms with van der Waals surface area (Å²) in [7, 11) is 0. The lowest BCUT2D eigenvalue weighted by Gasteiger charge is -2.26. The van der Waals surface area contributed by atoms with Crippen LogP contribution >= 0.6 is 0 Å². The molecule has 0 aromatic carbocycles. The second-order valence-electron chi connectivity index (χ2n) is 4.59. The van der Waals surface area contributed by atoms with Gasteiger partial charge in [-0.05, 0) is 27.2 Å². The van der Waals surface area contributed by atoms with Crippen LogP contribution in [0.5, 0.6) is 0 Å². The molecule has 1 saturated heterocycles. The number of hydrogen-bond acceptors (Lipinski definition) is 3. The quantitative estimate of drug-likeness (QED) is 0.673. The molecule has 15 heavy (non-hydrogen) atoms. The van der Waals surface area contributed by atoms with Gasteiger partial charge in [-0.3, -0.25) is 4.79 Å². The zero-order valence-corrected chi connectivity index (χ0v) is 9.25. The summed E-state index contributed by atoms with van der Waals surface area (Å²) in [6, 6.07) is -0.646. The van der Waals surface area contributed by atoms with Crippen LogP contribution < -0.4 is 0 Å². The second kappa shape index (κ2) is 4.16. The van der Waals surface area contributed by atoms with E-state index < -0.39 is 24.4 Å². The standard InChI is InChI=1S/C10H16FNO3/c1-10(2,3)15-9(14)12-7(6-11)4-5-8(12)13/h7H,4-6H2,1-3H3/t7-/m1/s1. The molecule has 0 bridgehead atoms. The summed E-state index contributed by atoms with van der Waals surface area (Å²) in [6.07, 6.45) is -0.143. The first-order valence-corrected chi connectivity index (χ1v) is 4.96. The van der Waals surface area contributed by atoms with E-state index in [4.69, 9.17) is 4.74 Å². The largest absolute Gasteiger partial charge is 0.443 e. The van der Waals surface area contributed by atoms with Crippen molar-refractivity contribution in [2.24, 2.45) is 0 Å². The van der Waals surface area contributed by atoms with Crippen LogP contribution in [0.15, 0.2) is 0 Å². The average molecular weight is 217 g/mol. The maximum absolute atomic E-state index is 12.5. The van der Waals surface area contributed by atoms with Crippen molar-refractivity contribution in [2.45, 2.75) is 45.3 Å². The molecule has 0 aliphatic carbocycles. The van der Waals surface area contributed by atoms with E-state index in [0.29, 0.717) is 6.42 Å². The Labute approximate surface area is 88.4 Å². The van der Waals surface area contributed by atoms with Crippen molar-refractivity contribution in [2.75, 3.05) is 6.67 Å². The highest BCUT2D eigenvalue weighted by Gasteiger charge is 2.38. The normalized spacial score (nSPS) is 22.0. The lowest BCUT2D eigenvalue weighted by Crippen LogP contribution is -2.43. The molecule has 0 unspecified atom stereocenters. The minimum absolute atomic E-state index is 0.216. The van der Waals surface area contributed by atoms with Crippen LogP contribution in [0.1, 0.15) is 33.6 Å². The van der Waals surface area contributed by atoms with Crippen molar-refractivity contribution in [1.29, 1.82) is 0 Å². The van der Waals surface area contributed by atoms with Crippen LogP contribution in [-0.2, 0) is 9.53 Å². The van der Waals surface area contributed by atoms with Crippen molar-refractivity contribution in [1.82, 2.24) is 4.90 Å². The van der Waals surface area contributed by atoms with Gasteiger partial charge in [0.05, 0.1) is 6.04 Å². The Morgan fingerprint density at radius 3 is 2.67 bits per heavy atom. The summed E-state index contributed by atoms with van der Waals surface area (Å²) in [6.45, 7) is 4.41. The Morgan fingerprint density at radius 1 is 1.60 bits per heavy atom. The first-order chi connectivity index (χ1) is 6.85. The molecule has 1 aliphatic rings. The highest BCUT2D eigenvalue weighted by atomic mass is 19.1. The fourth-order valence-electron chi connectivity index (χ4n) is 1.45. The Morgan fingerprint density at radius 2 is 2.20 bits per heavy atom. The fraction of sp³-hybridized carbons (Fsp3) is 0.800. The van der Waals surface area contributed by atoms with Gasteiger partial charge in [-0.1, -0.05) is 0 Å². The number of ether oxygens (including phenoxy) is 1. The van der Waals surface area contributed by atoms with Gasteiger partial charge in [0, 0.05) is 6.42 Å². The summed E-state index contributed by atoms with van der Waals surface area (Å²) in [5, 5.41) is 0. The maximum atomic E-state index is 12.5. The third-order valence-corrected chi connectivity index (χ3v) is 2.09. The molecular weight excluding hydrogens is 201 g/mol. The highest BCUT2D eigenvalue weighted by Crippen LogP contribution is 2.22. The number of alkyl halides is 1. The molecular formula is C10H16FNO3.